The number of benzene rings is 1. The maximum atomic E-state index is 12.1. The Balaban J connectivity index is 2.13. The number of aromatic nitrogens is 2. The minimum Gasteiger partial charge on any atom is -0.413 e. The molecule has 0 saturated carbocycles. The highest BCUT2D eigenvalue weighted by atomic mass is 35.5. The van der Waals surface area contributed by atoms with Crippen LogP contribution in [0.25, 0.3) is 5.69 Å². The molecule has 1 aliphatic heterocycles. The van der Waals surface area contributed by atoms with Gasteiger partial charge in [0.05, 0.1) is 5.69 Å². The number of hydrogen-bond donors (Lipinski definition) is 2. The summed E-state index contributed by atoms with van der Waals surface area (Å²) in [6.07, 6.45) is 0.302. The maximum Gasteiger partial charge on any atom is 0.349 e. The number of nitrogens with one attached hydrogen (secondary N) is 1. The third-order valence-corrected chi connectivity index (χ3v) is 3.23. The molecule has 2 heterocycles. The van der Waals surface area contributed by atoms with Crippen LogP contribution in [0.15, 0.2) is 24.3 Å². The van der Waals surface area contributed by atoms with Gasteiger partial charge in [0.2, 0.25) is 0 Å². The van der Waals surface area contributed by atoms with Crippen molar-refractivity contribution in [2.75, 3.05) is 25.1 Å². The van der Waals surface area contributed by atoms with E-state index in [9.17, 15) is 4.79 Å². The lowest BCUT2D eigenvalue weighted by molar-refractivity contribution is 0.0360. The van der Waals surface area contributed by atoms with Crippen LogP contribution in [-0.2, 0) is 4.74 Å². The number of anilines is 2. The van der Waals surface area contributed by atoms with Crippen LogP contribution in [-0.4, -0.2) is 34.7 Å². The van der Waals surface area contributed by atoms with Crippen molar-refractivity contribution in [2.45, 2.75) is 0 Å². The first-order valence-corrected chi connectivity index (χ1v) is 6.53. The molecule has 3 N–H and O–H groups in total. The molecule has 0 atom stereocenters. The molecule has 0 bridgehead atoms. The van der Waals surface area contributed by atoms with Gasteiger partial charge >= 0.3 is 12.3 Å². The molecule has 1 aliphatic rings. The molecular weight excluding hydrogens is 294 g/mol. The summed E-state index contributed by atoms with van der Waals surface area (Å²) in [6.45, 7) is 0. The fourth-order valence-electron chi connectivity index (χ4n) is 2.02. The summed E-state index contributed by atoms with van der Waals surface area (Å²) in [5.74, 6) is 0.00762. The molecule has 7 nitrogen and oxygen atoms in total. The van der Waals surface area contributed by atoms with Crippen molar-refractivity contribution in [1.29, 1.82) is 0 Å². The van der Waals surface area contributed by atoms with Gasteiger partial charge in [0.1, 0.15) is 5.56 Å². The second kappa shape index (κ2) is 4.94. The van der Waals surface area contributed by atoms with E-state index in [-0.39, 0.29) is 11.4 Å². The van der Waals surface area contributed by atoms with E-state index in [2.05, 4.69) is 10.4 Å². The van der Waals surface area contributed by atoms with Crippen LogP contribution in [0.3, 0.4) is 0 Å². The predicted octanol–water partition coefficient (Wildman–Crippen LogP) is 1.70. The van der Waals surface area contributed by atoms with Gasteiger partial charge in [-0.3, -0.25) is 0 Å². The SMILES string of the molecule is CN(C)[C]1Nc2c(c(N)nn2-c2cccc(Cl)c2)C(=O)O1. The average Bonchev–Trinajstić information content (AvgIpc) is 2.76. The summed E-state index contributed by atoms with van der Waals surface area (Å²) in [4.78, 5) is 13.7. The zero-order valence-electron chi connectivity index (χ0n) is 11.4. The molecule has 21 heavy (non-hydrogen) atoms. The minimum absolute atomic E-state index is 0.0975. The van der Waals surface area contributed by atoms with Gasteiger partial charge in [0, 0.05) is 5.02 Å². The third kappa shape index (κ3) is 2.30. The summed E-state index contributed by atoms with van der Waals surface area (Å²) in [5, 5.41) is 7.76. The Labute approximate surface area is 126 Å². The van der Waals surface area contributed by atoms with Crippen LogP contribution >= 0.6 is 11.6 Å². The second-order valence-electron chi connectivity index (χ2n) is 4.71. The van der Waals surface area contributed by atoms with E-state index in [0.29, 0.717) is 22.9 Å². The lowest BCUT2D eigenvalue weighted by atomic mass is 10.2. The van der Waals surface area contributed by atoms with Gasteiger partial charge in [0.15, 0.2) is 11.6 Å². The van der Waals surface area contributed by atoms with Gasteiger partial charge in [-0.1, -0.05) is 17.7 Å². The van der Waals surface area contributed by atoms with E-state index in [0.717, 1.165) is 0 Å². The van der Waals surface area contributed by atoms with Crippen molar-refractivity contribution in [3.05, 3.63) is 41.2 Å². The number of cyclic esters (lactones) is 1. The van der Waals surface area contributed by atoms with Crippen LogP contribution in [0.4, 0.5) is 11.6 Å². The first-order valence-electron chi connectivity index (χ1n) is 6.15. The minimum atomic E-state index is -0.543. The zero-order chi connectivity index (χ0) is 15.1. The second-order valence-corrected chi connectivity index (χ2v) is 5.15. The standard InChI is InChI=1S/C13H13ClN5O2/c1-18(2)13-16-11-9(12(20)21-13)10(15)17-19(11)8-5-3-4-7(14)6-8/h3-6,16H,1-2H3,(H2,15,17). The zero-order valence-corrected chi connectivity index (χ0v) is 12.2. The van der Waals surface area contributed by atoms with E-state index in [1.54, 1.807) is 37.2 Å². The number of hydrogen-bond acceptors (Lipinski definition) is 6. The summed E-state index contributed by atoms with van der Waals surface area (Å²) < 4.78 is 6.69. The van der Waals surface area contributed by atoms with Gasteiger partial charge in [-0.2, -0.15) is 0 Å². The molecule has 0 fully saturated rings. The van der Waals surface area contributed by atoms with E-state index >= 15 is 0 Å². The Morgan fingerprint density at radius 3 is 2.86 bits per heavy atom. The van der Waals surface area contributed by atoms with Crippen molar-refractivity contribution < 1.29 is 9.53 Å². The molecule has 0 saturated heterocycles. The number of rotatable bonds is 2. The lowest BCUT2D eigenvalue weighted by Gasteiger charge is -2.27. The molecule has 0 unspecified atom stereocenters. The molecule has 1 aromatic carbocycles. The first kappa shape index (κ1) is 13.7. The summed E-state index contributed by atoms with van der Waals surface area (Å²) >= 11 is 5.99. The van der Waals surface area contributed by atoms with Crippen LogP contribution in [0.2, 0.25) is 5.02 Å². The van der Waals surface area contributed by atoms with Crippen molar-refractivity contribution in [1.82, 2.24) is 14.7 Å². The van der Waals surface area contributed by atoms with E-state index in [1.165, 1.54) is 4.68 Å². The predicted molar refractivity (Wildman–Crippen MR) is 79.0 cm³/mol. The normalized spacial score (nSPS) is 14.8. The first-order chi connectivity index (χ1) is 9.97. The molecule has 0 amide bonds. The Morgan fingerprint density at radius 2 is 2.19 bits per heavy atom. The molecule has 8 heteroatoms. The van der Waals surface area contributed by atoms with E-state index < -0.39 is 5.97 Å². The quantitative estimate of drug-likeness (QED) is 0.821. The fraction of sp³-hybridized carbons (Fsp3) is 0.154. The Hall–Kier alpha value is -2.25. The Morgan fingerprint density at radius 1 is 1.43 bits per heavy atom. The molecule has 1 radical (unpaired) electrons. The number of nitrogen functional groups attached to an aromatic ring is 1. The number of ether oxygens (including phenoxy) is 1. The number of fused-ring (bicyclic) bond motifs is 1. The van der Waals surface area contributed by atoms with E-state index in [1.807, 2.05) is 6.07 Å². The highest BCUT2D eigenvalue weighted by Crippen LogP contribution is 2.33. The van der Waals surface area contributed by atoms with Gasteiger partial charge in [-0.05, 0) is 32.3 Å². The van der Waals surface area contributed by atoms with Crippen molar-refractivity contribution in [3.63, 3.8) is 0 Å². The molecule has 0 spiro atoms. The van der Waals surface area contributed by atoms with Crippen LogP contribution in [0.1, 0.15) is 10.4 Å². The monoisotopic (exact) mass is 306 g/mol. The molecule has 3 rings (SSSR count). The number of carbonyl (C=O) groups is 1. The highest BCUT2D eigenvalue weighted by Gasteiger charge is 2.35. The van der Waals surface area contributed by atoms with Crippen LogP contribution < -0.4 is 11.1 Å². The average molecular weight is 307 g/mol. The number of nitrogens with zero attached hydrogens (tertiary/aromatic N) is 3. The Kier molecular flexibility index (Phi) is 3.23. The van der Waals surface area contributed by atoms with Crippen LogP contribution in [0.5, 0.6) is 0 Å². The summed E-state index contributed by atoms with van der Waals surface area (Å²) in [6, 6.07) is 7.09. The number of carbonyl (C=O) groups excluding carboxylic acids is 1. The third-order valence-electron chi connectivity index (χ3n) is 2.99. The largest absolute Gasteiger partial charge is 0.413 e. The smallest absolute Gasteiger partial charge is 0.349 e. The van der Waals surface area contributed by atoms with E-state index in [4.69, 9.17) is 22.1 Å². The molecule has 109 valence electrons. The van der Waals surface area contributed by atoms with Gasteiger partial charge in [0.25, 0.3) is 0 Å². The molecule has 2 aromatic rings. The number of nitrogens with two attached hydrogens (primary N) is 1. The van der Waals surface area contributed by atoms with Gasteiger partial charge in [-0.25, -0.2) is 14.4 Å². The van der Waals surface area contributed by atoms with Gasteiger partial charge < -0.3 is 15.8 Å². The number of halogens is 1. The van der Waals surface area contributed by atoms with Gasteiger partial charge in [-0.15, -0.1) is 5.10 Å². The summed E-state index contributed by atoms with van der Waals surface area (Å²) in [7, 11) is 3.51. The fourth-order valence-corrected chi connectivity index (χ4v) is 2.20. The summed E-state index contributed by atoms with van der Waals surface area (Å²) in [5.41, 5.74) is 6.72. The highest BCUT2D eigenvalue weighted by molar-refractivity contribution is 6.30. The Bertz CT molecular complexity index is 713. The molecular formula is C13H13ClN5O2. The maximum absolute atomic E-state index is 12.1. The topological polar surface area (TPSA) is 85.4 Å². The van der Waals surface area contributed by atoms with Crippen molar-refractivity contribution >= 4 is 29.2 Å². The number of esters is 1. The molecule has 1 aromatic heterocycles. The molecule has 0 aliphatic carbocycles. The van der Waals surface area contributed by atoms with Crippen molar-refractivity contribution in [2.24, 2.45) is 0 Å². The van der Waals surface area contributed by atoms with Crippen molar-refractivity contribution in [3.8, 4) is 5.69 Å². The van der Waals surface area contributed by atoms with Crippen LogP contribution in [0, 0.1) is 6.35 Å². The lowest BCUT2D eigenvalue weighted by Crippen LogP contribution is -2.36.